The molecule has 2 radical (unpaired) electrons. The Bertz CT molecular complexity index is 129. The summed E-state index contributed by atoms with van der Waals surface area (Å²) >= 11 is 0. The van der Waals surface area contributed by atoms with E-state index in [-0.39, 0.29) is 5.60 Å². The quantitative estimate of drug-likeness (QED) is 0.357. The summed E-state index contributed by atoms with van der Waals surface area (Å²) < 4.78 is 10.9. The van der Waals surface area contributed by atoms with Gasteiger partial charge in [0.15, 0.2) is 0 Å². The first-order valence-corrected chi connectivity index (χ1v) is 5.77. The number of ether oxygens (including phenoxy) is 1. The molecule has 76 valence electrons. The predicted molar refractivity (Wildman–Crippen MR) is 57.0 cm³/mol. The Balaban J connectivity index is 3.04. The highest BCUT2D eigenvalue weighted by molar-refractivity contribution is 6.27. The summed E-state index contributed by atoms with van der Waals surface area (Å²) in [5.41, 5.74) is -0.0480. The van der Waals surface area contributed by atoms with E-state index >= 15 is 0 Å². The first-order chi connectivity index (χ1) is 6.06. The largest absolute Gasteiger partial charge is 0.415 e. The van der Waals surface area contributed by atoms with Crippen LogP contribution in [-0.4, -0.2) is 28.6 Å². The minimum absolute atomic E-state index is 0.0480. The summed E-state index contributed by atoms with van der Waals surface area (Å²) in [6.07, 6.45) is 2.96. The summed E-state index contributed by atoms with van der Waals surface area (Å²) in [6.45, 7) is 11.2. The Morgan fingerprint density at radius 3 is 2.54 bits per heavy atom. The molecule has 0 aliphatic carbocycles. The Hall–Kier alpha value is -0.123. The smallest absolute Gasteiger partial charge is 0.230 e. The van der Waals surface area contributed by atoms with Gasteiger partial charge in [0.1, 0.15) is 0 Å². The van der Waals surface area contributed by atoms with Crippen LogP contribution in [0.3, 0.4) is 0 Å². The van der Waals surface area contributed by atoms with Crippen molar-refractivity contribution in [2.45, 2.75) is 38.8 Å². The van der Waals surface area contributed by atoms with Gasteiger partial charge in [-0.2, -0.15) is 0 Å². The first-order valence-electron chi connectivity index (χ1n) is 4.66. The molecule has 0 aromatic carbocycles. The highest BCUT2D eigenvalue weighted by atomic mass is 28.2. The standard InChI is InChI=1S/C10H20O2Si/c1-5-6-9-13-12-8-7-11-10(2,3)4/h5H,1,6-9H2,2-4H3. The zero-order valence-corrected chi connectivity index (χ0v) is 9.93. The van der Waals surface area contributed by atoms with E-state index < -0.39 is 0 Å². The van der Waals surface area contributed by atoms with Crippen molar-refractivity contribution in [1.82, 2.24) is 0 Å². The Morgan fingerprint density at radius 2 is 2.00 bits per heavy atom. The van der Waals surface area contributed by atoms with Crippen LogP contribution in [0.2, 0.25) is 6.04 Å². The van der Waals surface area contributed by atoms with E-state index in [0.717, 1.165) is 12.5 Å². The van der Waals surface area contributed by atoms with Gasteiger partial charge >= 0.3 is 0 Å². The molecular formula is C10H20O2Si. The monoisotopic (exact) mass is 200 g/mol. The first kappa shape index (κ1) is 12.9. The molecule has 0 bridgehead atoms. The molecule has 13 heavy (non-hydrogen) atoms. The molecule has 0 aliphatic rings. The maximum absolute atomic E-state index is 5.50. The SMILES string of the molecule is C=CCC[Si]OCCOC(C)(C)C. The topological polar surface area (TPSA) is 18.5 Å². The Labute approximate surface area is 84.3 Å². The minimum atomic E-state index is -0.0480. The van der Waals surface area contributed by atoms with Gasteiger partial charge in [-0.3, -0.25) is 0 Å². The lowest BCUT2D eigenvalue weighted by molar-refractivity contribution is -0.0160. The van der Waals surface area contributed by atoms with Gasteiger partial charge in [-0.1, -0.05) is 6.08 Å². The molecule has 2 nitrogen and oxygen atoms in total. The van der Waals surface area contributed by atoms with Gasteiger partial charge in [-0.25, -0.2) is 0 Å². The maximum Gasteiger partial charge on any atom is 0.230 e. The van der Waals surface area contributed by atoms with E-state index in [9.17, 15) is 0 Å². The predicted octanol–water partition coefficient (Wildman–Crippen LogP) is 2.43. The minimum Gasteiger partial charge on any atom is -0.415 e. The lowest BCUT2D eigenvalue weighted by Gasteiger charge is -2.19. The van der Waals surface area contributed by atoms with Gasteiger partial charge in [0, 0.05) is 0 Å². The van der Waals surface area contributed by atoms with E-state index in [1.807, 2.05) is 26.8 Å². The van der Waals surface area contributed by atoms with Gasteiger partial charge < -0.3 is 9.16 Å². The van der Waals surface area contributed by atoms with Crippen molar-refractivity contribution >= 4 is 9.76 Å². The average molecular weight is 200 g/mol. The molecular weight excluding hydrogens is 180 g/mol. The van der Waals surface area contributed by atoms with Crippen LogP contribution in [0.5, 0.6) is 0 Å². The van der Waals surface area contributed by atoms with Gasteiger partial charge in [0.2, 0.25) is 9.76 Å². The third-order valence-corrected chi connectivity index (χ3v) is 2.17. The van der Waals surface area contributed by atoms with Crippen LogP contribution in [0.1, 0.15) is 27.2 Å². The van der Waals surface area contributed by atoms with Crippen LogP contribution in [0.25, 0.3) is 0 Å². The molecule has 0 aromatic rings. The fourth-order valence-electron chi connectivity index (χ4n) is 0.695. The second-order valence-electron chi connectivity index (χ2n) is 3.78. The van der Waals surface area contributed by atoms with Crippen LogP contribution < -0.4 is 0 Å². The maximum atomic E-state index is 5.50. The normalized spacial score (nSPS) is 11.6. The number of hydrogen-bond donors (Lipinski definition) is 0. The molecule has 0 rings (SSSR count). The number of allylic oxidation sites excluding steroid dienone is 1. The zero-order valence-electron chi connectivity index (χ0n) is 8.93. The molecule has 0 spiro atoms. The van der Waals surface area contributed by atoms with Crippen molar-refractivity contribution in [2.24, 2.45) is 0 Å². The van der Waals surface area contributed by atoms with E-state index in [2.05, 4.69) is 6.58 Å². The van der Waals surface area contributed by atoms with E-state index in [1.54, 1.807) is 0 Å². The second kappa shape index (κ2) is 7.30. The Morgan fingerprint density at radius 1 is 1.31 bits per heavy atom. The van der Waals surface area contributed by atoms with Crippen LogP contribution in [0.15, 0.2) is 12.7 Å². The molecule has 0 fully saturated rings. The fraction of sp³-hybridized carbons (Fsp3) is 0.800. The van der Waals surface area contributed by atoms with Crippen molar-refractivity contribution in [2.75, 3.05) is 13.2 Å². The number of rotatable bonds is 7. The summed E-state index contributed by atoms with van der Waals surface area (Å²) in [7, 11) is 0.581. The zero-order chi connectivity index (χ0) is 10.2. The third kappa shape index (κ3) is 11.9. The number of hydrogen-bond acceptors (Lipinski definition) is 2. The van der Waals surface area contributed by atoms with Crippen molar-refractivity contribution in [3.8, 4) is 0 Å². The van der Waals surface area contributed by atoms with Crippen LogP contribution >= 0.6 is 0 Å². The molecule has 0 unspecified atom stereocenters. The summed E-state index contributed by atoms with van der Waals surface area (Å²) in [5.74, 6) is 0. The lowest BCUT2D eigenvalue weighted by Crippen LogP contribution is -2.22. The van der Waals surface area contributed by atoms with Gasteiger partial charge in [-0.05, 0) is 33.2 Å². The van der Waals surface area contributed by atoms with E-state index in [4.69, 9.17) is 9.16 Å². The van der Waals surface area contributed by atoms with Crippen molar-refractivity contribution < 1.29 is 9.16 Å². The average Bonchev–Trinajstić information content (AvgIpc) is 2.01. The van der Waals surface area contributed by atoms with Crippen LogP contribution in [0.4, 0.5) is 0 Å². The lowest BCUT2D eigenvalue weighted by atomic mass is 10.2. The van der Waals surface area contributed by atoms with Gasteiger partial charge in [0.05, 0.1) is 18.8 Å². The second-order valence-corrected chi connectivity index (χ2v) is 4.86. The van der Waals surface area contributed by atoms with Crippen molar-refractivity contribution in [3.05, 3.63) is 12.7 Å². The molecule has 0 heterocycles. The van der Waals surface area contributed by atoms with Crippen LogP contribution in [-0.2, 0) is 9.16 Å². The fourth-order valence-corrected chi connectivity index (χ4v) is 1.39. The molecule has 0 saturated heterocycles. The van der Waals surface area contributed by atoms with Crippen molar-refractivity contribution in [3.63, 3.8) is 0 Å². The van der Waals surface area contributed by atoms with Crippen molar-refractivity contribution in [1.29, 1.82) is 0 Å². The summed E-state index contributed by atoms with van der Waals surface area (Å²) in [6, 6.07) is 1.08. The van der Waals surface area contributed by atoms with Gasteiger partial charge in [0.25, 0.3) is 0 Å². The highest BCUT2D eigenvalue weighted by Gasteiger charge is 2.08. The molecule has 0 amide bonds. The third-order valence-electron chi connectivity index (χ3n) is 1.27. The van der Waals surface area contributed by atoms with Crippen LogP contribution in [0, 0.1) is 0 Å². The molecule has 3 heteroatoms. The molecule has 0 N–H and O–H groups in total. The summed E-state index contributed by atoms with van der Waals surface area (Å²) in [4.78, 5) is 0. The molecule has 0 aliphatic heterocycles. The molecule has 0 atom stereocenters. The Kier molecular flexibility index (Phi) is 7.23. The van der Waals surface area contributed by atoms with E-state index in [1.165, 1.54) is 0 Å². The highest BCUT2D eigenvalue weighted by Crippen LogP contribution is 2.05. The summed E-state index contributed by atoms with van der Waals surface area (Å²) in [5, 5.41) is 0. The van der Waals surface area contributed by atoms with E-state index in [0.29, 0.717) is 23.0 Å². The van der Waals surface area contributed by atoms with Gasteiger partial charge in [-0.15, -0.1) is 6.58 Å². The molecule has 0 aromatic heterocycles. The molecule has 0 saturated carbocycles.